The molecule has 0 spiro atoms. The molecule has 1 amide bonds. The number of nitrogens with one attached hydrogen (secondary N) is 2. The average molecular weight is 424 g/mol. The van der Waals surface area contributed by atoms with Gasteiger partial charge in [0, 0.05) is 22.2 Å². The van der Waals surface area contributed by atoms with Gasteiger partial charge in [-0.3, -0.25) is 4.79 Å². The number of piperidine rings is 1. The van der Waals surface area contributed by atoms with Crippen molar-refractivity contribution in [3.05, 3.63) is 53.6 Å². The SMILES string of the molecule is Cc1cc(NC(=O)C2CCN(C)CC2)ccc1SNc1cccc(C(F)(F)F)c1. The van der Waals surface area contributed by atoms with Gasteiger partial charge in [-0.05, 0) is 93.8 Å². The Morgan fingerprint density at radius 2 is 1.83 bits per heavy atom. The van der Waals surface area contributed by atoms with Crippen molar-refractivity contribution in [2.45, 2.75) is 30.8 Å². The number of carbonyl (C=O) groups is 1. The third-order valence-corrected chi connectivity index (χ3v) is 6.02. The van der Waals surface area contributed by atoms with Crippen molar-refractivity contribution >= 4 is 29.2 Å². The van der Waals surface area contributed by atoms with E-state index in [0.29, 0.717) is 5.69 Å². The third-order valence-electron chi connectivity index (χ3n) is 5.00. The molecule has 0 radical (unpaired) electrons. The lowest BCUT2D eigenvalue weighted by atomic mass is 9.96. The van der Waals surface area contributed by atoms with Gasteiger partial charge in [-0.1, -0.05) is 6.07 Å². The van der Waals surface area contributed by atoms with Gasteiger partial charge in [0.1, 0.15) is 0 Å². The van der Waals surface area contributed by atoms with E-state index in [2.05, 4.69) is 22.0 Å². The van der Waals surface area contributed by atoms with E-state index < -0.39 is 11.7 Å². The minimum Gasteiger partial charge on any atom is -0.326 e. The molecule has 1 heterocycles. The molecule has 1 saturated heterocycles. The molecule has 2 aromatic carbocycles. The van der Waals surface area contributed by atoms with E-state index in [1.165, 1.54) is 18.0 Å². The van der Waals surface area contributed by atoms with Crippen LogP contribution in [0.15, 0.2) is 47.4 Å². The summed E-state index contributed by atoms with van der Waals surface area (Å²) in [6.45, 7) is 3.75. The van der Waals surface area contributed by atoms with Gasteiger partial charge in [-0.25, -0.2) is 0 Å². The summed E-state index contributed by atoms with van der Waals surface area (Å²) >= 11 is 1.24. The fourth-order valence-corrected chi connectivity index (χ4v) is 3.94. The second kappa shape index (κ2) is 9.09. The van der Waals surface area contributed by atoms with Crippen LogP contribution in [0, 0.1) is 12.8 Å². The van der Waals surface area contributed by atoms with Crippen molar-refractivity contribution in [2.24, 2.45) is 5.92 Å². The Balaban J connectivity index is 1.59. The number of carbonyl (C=O) groups excluding carboxylic acids is 1. The second-order valence-corrected chi connectivity index (χ2v) is 8.18. The molecule has 2 aromatic rings. The summed E-state index contributed by atoms with van der Waals surface area (Å²) in [4.78, 5) is 15.5. The first-order valence-electron chi connectivity index (χ1n) is 9.42. The molecule has 1 aliphatic rings. The van der Waals surface area contributed by atoms with Crippen LogP contribution in [0.5, 0.6) is 0 Å². The van der Waals surface area contributed by atoms with E-state index in [4.69, 9.17) is 0 Å². The number of likely N-dealkylation sites (tertiary alicyclic amines) is 1. The molecular formula is C21H24F3N3OS. The van der Waals surface area contributed by atoms with Crippen LogP contribution in [-0.4, -0.2) is 30.9 Å². The fraction of sp³-hybridized carbons (Fsp3) is 0.381. The first-order chi connectivity index (χ1) is 13.7. The van der Waals surface area contributed by atoms with Crippen molar-refractivity contribution in [3.8, 4) is 0 Å². The Morgan fingerprint density at radius 1 is 1.10 bits per heavy atom. The summed E-state index contributed by atoms with van der Waals surface area (Å²) in [5, 5.41) is 2.98. The van der Waals surface area contributed by atoms with Crippen LogP contribution in [0.25, 0.3) is 0 Å². The highest BCUT2D eigenvalue weighted by Gasteiger charge is 2.30. The van der Waals surface area contributed by atoms with Gasteiger partial charge in [-0.15, -0.1) is 0 Å². The number of halogens is 3. The maximum Gasteiger partial charge on any atom is 0.416 e. The molecule has 0 aliphatic carbocycles. The van der Waals surface area contributed by atoms with Crippen LogP contribution in [0.4, 0.5) is 24.5 Å². The van der Waals surface area contributed by atoms with Gasteiger partial charge >= 0.3 is 6.18 Å². The summed E-state index contributed by atoms with van der Waals surface area (Å²) in [5.74, 6) is 0.0723. The number of nitrogens with zero attached hydrogens (tertiary/aromatic N) is 1. The Morgan fingerprint density at radius 3 is 2.48 bits per heavy atom. The highest BCUT2D eigenvalue weighted by Crippen LogP contribution is 2.32. The molecule has 8 heteroatoms. The van der Waals surface area contributed by atoms with Crippen LogP contribution in [0.2, 0.25) is 0 Å². The molecular weight excluding hydrogens is 399 g/mol. The number of alkyl halides is 3. The van der Waals surface area contributed by atoms with Crippen molar-refractivity contribution in [1.82, 2.24) is 4.90 Å². The van der Waals surface area contributed by atoms with Gasteiger partial charge in [0.05, 0.1) is 5.56 Å². The second-order valence-electron chi connectivity index (χ2n) is 7.33. The van der Waals surface area contributed by atoms with Crippen molar-refractivity contribution in [2.75, 3.05) is 30.2 Å². The Labute approximate surface area is 173 Å². The number of rotatable bonds is 5. The van der Waals surface area contributed by atoms with Crippen LogP contribution in [-0.2, 0) is 11.0 Å². The molecule has 0 saturated carbocycles. The van der Waals surface area contributed by atoms with Gasteiger partial charge in [0.15, 0.2) is 0 Å². The summed E-state index contributed by atoms with van der Waals surface area (Å²) in [5.41, 5.74) is 1.35. The topological polar surface area (TPSA) is 44.4 Å². The molecule has 1 aliphatic heterocycles. The van der Waals surface area contributed by atoms with E-state index >= 15 is 0 Å². The Bertz CT molecular complexity index is 864. The van der Waals surface area contributed by atoms with Gasteiger partial charge in [-0.2, -0.15) is 13.2 Å². The van der Waals surface area contributed by atoms with E-state index in [1.807, 2.05) is 25.1 Å². The number of anilines is 2. The number of hydrogen-bond donors (Lipinski definition) is 2. The summed E-state index contributed by atoms with van der Waals surface area (Å²) in [7, 11) is 2.06. The summed E-state index contributed by atoms with van der Waals surface area (Å²) in [6.07, 6.45) is -2.65. The first kappa shape index (κ1) is 21.5. The lowest BCUT2D eigenvalue weighted by Crippen LogP contribution is -2.35. The van der Waals surface area contributed by atoms with E-state index in [-0.39, 0.29) is 11.8 Å². The maximum atomic E-state index is 12.8. The van der Waals surface area contributed by atoms with Crippen LogP contribution >= 0.6 is 11.9 Å². The van der Waals surface area contributed by atoms with Crippen molar-refractivity contribution < 1.29 is 18.0 Å². The van der Waals surface area contributed by atoms with Gasteiger partial charge in [0.2, 0.25) is 5.91 Å². The molecule has 4 nitrogen and oxygen atoms in total. The lowest BCUT2D eigenvalue weighted by Gasteiger charge is -2.28. The molecule has 29 heavy (non-hydrogen) atoms. The highest BCUT2D eigenvalue weighted by atomic mass is 32.2. The molecule has 1 fully saturated rings. The molecule has 0 aromatic heterocycles. The van der Waals surface area contributed by atoms with Crippen LogP contribution in [0.3, 0.4) is 0 Å². The zero-order chi connectivity index (χ0) is 21.0. The summed E-state index contributed by atoms with van der Waals surface area (Å²) in [6, 6.07) is 10.6. The number of amides is 1. The van der Waals surface area contributed by atoms with Crippen molar-refractivity contribution in [3.63, 3.8) is 0 Å². The largest absolute Gasteiger partial charge is 0.416 e. The van der Waals surface area contributed by atoms with Crippen molar-refractivity contribution in [1.29, 1.82) is 0 Å². The molecule has 2 N–H and O–H groups in total. The van der Waals surface area contributed by atoms with Gasteiger partial charge in [0.25, 0.3) is 0 Å². The Hall–Kier alpha value is -2.19. The molecule has 156 valence electrons. The minimum atomic E-state index is -4.37. The minimum absolute atomic E-state index is 0.0307. The maximum absolute atomic E-state index is 12.8. The molecule has 0 atom stereocenters. The smallest absolute Gasteiger partial charge is 0.326 e. The summed E-state index contributed by atoms with van der Waals surface area (Å²) < 4.78 is 41.4. The predicted molar refractivity (Wildman–Crippen MR) is 111 cm³/mol. The highest BCUT2D eigenvalue weighted by molar-refractivity contribution is 8.00. The fourth-order valence-electron chi connectivity index (χ4n) is 3.23. The number of aryl methyl sites for hydroxylation is 1. The molecule has 3 rings (SSSR count). The van der Waals surface area contributed by atoms with Crippen LogP contribution in [0.1, 0.15) is 24.0 Å². The lowest BCUT2D eigenvalue weighted by molar-refractivity contribution is -0.137. The predicted octanol–water partition coefficient (Wildman–Crippen LogP) is 5.41. The first-order valence-corrected chi connectivity index (χ1v) is 10.2. The normalized spacial score (nSPS) is 15.9. The van der Waals surface area contributed by atoms with Gasteiger partial charge < -0.3 is 14.9 Å². The molecule has 0 unspecified atom stereocenters. The van der Waals surface area contributed by atoms with E-state index in [9.17, 15) is 18.0 Å². The zero-order valence-electron chi connectivity index (χ0n) is 16.3. The zero-order valence-corrected chi connectivity index (χ0v) is 17.2. The third kappa shape index (κ3) is 5.90. The van der Waals surface area contributed by atoms with E-state index in [0.717, 1.165) is 54.2 Å². The quantitative estimate of drug-likeness (QED) is 0.631. The van der Waals surface area contributed by atoms with Crippen LogP contribution < -0.4 is 10.0 Å². The number of hydrogen-bond acceptors (Lipinski definition) is 4. The monoisotopic (exact) mass is 423 g/mol. The Kier molecular flexibility index (Phi) is 6.74. The molecule has 0 bridgehead atoms. The average Bonchev–Trinajstić information content (AvgIpc) is 2.67. The standard InChI is InChI=1S/C21H24F3N3OS/c1-14-12-17(25-20(28)15-8-10-27(2)11-9-15)6-7-19(14)29-26-18-5-3-4-16(13-18)21(22,23)24/h3-7,12-13,15,26H,8-11H2,1-2H3,(H,25,28). The van der Waals surface area contributed by atoms with E-state index in [1.54, 1.807) is 6.07 Å². The number of benzene rings is 2.